The summed E-state index contributed by atoms with van der Waals surface area (Å²) in [6.07, 6.45) is 0.138. The first-order valence-corrected chi connectivity index (χ1v) is 5.87. The van der Waals surface area contributed by atoms with Crippen LogP contribution in [0.1, 0.15) is 6.42 Å². The molecule has 0 spiro atoms. The van der Waals surface area contributed by atoms with Crippen LogP contribution >= 0.6 is 0 Å². The molecule has 0 aromatic heterocycles. The van der Waals surface area contributed by atoms with Crippen LogP contribution in [0.3, 0.4) is 0 Å². The van der Waals surface area contributed by atoms with E-state index >= 15 is 0 Å². The van der Waals surface area contributed by atoms with E-state index in [0.29, 0.717) is 6.42 Å². The largest absolute Gasteiger partial charge is 0.481 e. The third-order valence-electron chi connectivity index (χ3n) is 3.29. The zero-order valence-corrected chi connectivity index (χ0v) is 10.6. The predicted molar refractivity (Wildman–Crippen MR) is 65.7 cm³/mol. The first kappa shape index (κ1) is 13.7. The number of hydrogen-bond acceptors (Lipinski definition) is 5. The molecule has 0 amide bonds. The molecule has 104 valence electrons. The third kappa shape index (κ3) is 2.66. The Morgan fingerprint density at radius 2 is 2.26 bits per heavy atom. The Kier molecular flexibility index (Phi) is 3.96. The minimum absolute atomic E-state index is 0.0633. The summed E-state index contributed by atoms with van der Waals surface area (Å²) >= 11 is 0. The highest BCUT2D eigenvalue weighted by molar-refractivity contribution is 5.46. The van der Waals surface area contributed by atoms with Gasteiger partial charge in [-0.2, -0.15) is 0 Å². The highest BCUT2D eigenvalue weighted by Gasteiger charge is 2.43. The number of likely N-dealkylation sites (N-methyl/N-ethyl adjacent to an activating group) is 1. The van der Waals surface area contributed by atoms with Gasteiger partial charge in [0.05, 0.1) is 4.92 Å². The molecule has 1 aliphatic carbocycles. The Bertz CT molecular complexity index is 483. The molecule has 3 atom stereocenters. The van der Waals surface area contributed by atoms with E-state index in [0.717, 1.165) is 18.2 Å². The molecular formula is C12H15FN2O4. The molecule has 2 rings (SSSR count). The molecule has 6 nitrogen and oxygen atoms in total. The Hall–Kier alpha value is -1.73. The lowest BCUT2D eigenvalue weighted by Crippen LogP contribution is -2.60. The number of hydrogen-bond donors (Lipinski definition) is 1. The fraction of sp³-hybridized carbons (Fsp3) is 0.500. The van der Waals surface area contributed by atoms with Gasteiger partial charge in [-0.05, 0) is 13.1 Å². The smallest absolute Gasteiger partial charge is 0.311 e. The van der Waals surface area contributed by atoms with Gasteiger partial charge in [-0.3, -0.25) is 10.1 Å². The molecular weight excluding hydrogens is 255 g/mol. The van der Waals surface area contributed by atoms with Crippen molar-refractivity contribution in [2.24, 2.45) is 0 Å². The summed E-state index contributed by atoms with van der Waals surface area (Å²) in [5, 5.41) is 13.9. The molecule has 0 bridgehead atoms. The maximum Gasteiger partial charge on any atom is 0.311 e. The number of nitrogens with zero attached hydrogens (tertiary/aromatic N) is 1. The average Bonchev–Trinajstić information content (AvgIpc) is 2.34. The minimum atomic E-state index is -0.592. The number of methoxy groups -OCH3 is 1. The normalized spacial score (nSPS) is 25.7. The van der Waals surface area contributed by atoms with Gasteiger partial charge in [0.1, 0.15) is 18.0 Å². The van der Waals surface area contributed by atoms with E-state index in [1.807, 2.05) is 0 Å². The average molecular weight is 270 g/mol. The zero-order chi connectivity index (χ0) is 14.0. The van der Waals surface area contributed by atoms with Crippen LogP contribution in [0.4, 0.5) is 10.1 Å². The van der Waals surface area contributed by atoms with E-state index in [9.17, 15) is 14.5 Å². The summed E-state index contributed by atoms with van der Waals surface area (Å²) < 4.78 is 23.9. The number of nitrogens with one attached hydrogen (secondary N) is 1. The number of rotatable bonds is 5. The summed E-state index contributed by atoms with van der Waals surface area (Å²) in [7, 11) is 3.35. The van der Waals surface area contributed by atoms with Gasteiger partial charge in [0.25, 0.3) is 0 Å². The van der Waals surface area contributed by atoms with Gasteiger partial charge < -0.3 is 14.8 Å². The molecule has 0 radical (unpaired) electrons. The van der Waals surface area contributed by atoms with E-state index < -0.39 is 10.7 Å². The van der Waals surface area contributed by atoms with Gasteiger partial charge in [-0.15, -0.1) is 0 Å². The Labute approximate surface area is 109 Å². The predicted octanol–water partition coefficient (Wildman–Crippen LogP) is 1.49. The second kappa shape index (κ2) is 5.50. The lowest BCUT2D eigenvalue weighted by molar-refractivity contribution is -0.386. The van der Waals surface area contributed by atoms with E-state index in [4.69, 9.17) is 9.47 Å². The van der Waals surface area contributed by atoms with E-state index in [1.165, 1.54) is 0 Å². The van der Waals surface area contributed by atoms with Crippen LogP contribution in [0.15, 0.2) is 18.2 Å². The van der Waals surface area contributed by atoms with Gasteiger partial charge in [0, 0.05) is 31.7 Å². The van der Waals surface area contributed by atoms with Crippen molar-refractivity contribution < 1.29 is 18.8 Å². The Balaban J connectivity index is 2.15. The molecule has 1 saturated carbocycles. The molecule has 1 N–H and O–H groups in total. The van der Waals surface area contributed by atoms with Crippen LogP contribution in [0.5, 0.6) is 5.75 Å². The highest BCUT2D eigenvalue weighted by Crippen LogP contribution is 2.34. The van der Waals surface area contributed by atoms with Crippen LogP contribution in [0, 0.1) is 15.9 Å². The molecule has 0 heterocycles. The maximum atomic E-state index is 13.2. The van der Waals surface area contributed by atoms with Crippen molar-refractivity contribution in [3.05, 3.63) is 34.1 Å². The minimum Gasteiger partial charge on any atom is -0.481 e. The molecule has 1 aromatic carbocycles. The monoisotopic (exact) mass is 270 g/mol. The van der Waals surface area contributed by atoms with Crippen molar-refractivity contribution in [3.8, 4) is 5.75 Å². The summed E-state index contributed by atoms with van der Waals surface area (Å²) in [5.41, 5.74) is -0.246. The van der Waals surface area contributed by atoms with Gasteiger partial charge in [0.2, 0.25) is 0 Å². The van der Waals surface area contributed by atoms with Crippen molar-refractivity contribution in [1.29, 1.82) is 0 Å². The van der Waals surface area contributed by atoms with Crippen LogP contribution in [-0.4, -0.2) is 37.3 Å². The van der Waals surface area contributed by atoms with Gasteiger partial charge in [-0.1, -0.05) is 0 Å². The lowest BCUT2D eigenvalue weighted by Gasteiger charge is -2.42. The summed E-state index contributed by atoms with van der Waals surface area (Å²) in [5.74, 6) is -0.634. The number of halogens is 1. The molecule has 19 heavy (non-hydrogen) atoms. The molecule has 7 heteroatoms. The van der Waals surface area contributed by atoms with Crippen LogP contribution in [0.25, 0.3) is 0 Å². The van der Waals surface area contributed by atoms with Crippen LogP contribution in [0.2, 0.25) is 0 Å². The van der Waals surface area contributed by atoms with Crippen molar-refractivity contribution in [1.82, 2.24) is 5.32 Å². The SMILES string of the molecule is CNC1CC(Oc2cc(F)ccc2[N+](=O)[O-])C1OC. The second-order valence-electron chi connectivity index (χ2n) is 4.36. The molecule has 0 aliphatic heterocycles. The third-order valence-corrected chi connectivity index (χ3v) is 3.29. The van der Waals surface area contributed by atoms with Crippen molar-refractivity contribution in [3.63, 3.8) is 0 Å². The number of benzene rings is 1. The van der Waals surface area contributed by atoms with E-state index in [2.05, 4.69) is 5.32 Å². The number of nitro groups is 1. The van der Waals surface area contributed by atoms with Crippen LogP contribution < -0.4 is 10.1 Å². The van der Waals surface area contributed by atoms with Crippen LogP contribution in [-0.2, 0) is 4.74 Å². The standard InChI is InChI=1S/C12H15FN2O4/c1-14-8-6-11(12(8)18-2)19-10-5-7(13)3-4-9(10)15(16)17/h3-5,8,11-12,14H,6H2,1-2H3. The Morgan fingerprint density at radius 3 is 2.84 bits per heavy atom. The summed E-state index contributed by atoms with van der Waals surface area (Å²) in [6.45, 7) is 0. The zero-order valence-electron chi connectivity index (χ0n) is 10.6. The van der Waals surface area contributed by atoms with Crippen molar-refractivity contribution >= 4 is 5.69 Å². The first-order chi connectivity index (χ1) is 9.06. The van der Waals surface area contributed by atoms with Crippen molar-refractivity contribution in [2.75, 3.05) is 14.2 Å². The first-order valence-electron chi connectivity index (χ1n) is 5.87. The van der Waals surface area contributed by atoms with Crippen molar-refractivity contribution in [2.45, 2.75) is 24.7 Å². The number of nitro benzene ring substituents is 1. The van der Waals surface area contributed by atoms with E-state index in [1.54, 1.807) is 14.2 Å². The molecule has 1 aliphatic rings. The molecule has 1 aromatic rings. The van der Waals surface area contributed by atoms with Gasteiger partial charge >= 0.3 is 5.69 Å². The van der Waals surface area contributed by atoms with E-state index in [-0.39, 0.29) is 29.7 Å². The fourth-order valence-electron chi connectivity index (χ4n) is 2.19. The molecule has 1 fully saturated rings. The quantitative estimate of drug-likeness (QED) is 0.648. The molecule has 0 saturated heterocycles. The molecule has 3 unspecified atom stereocenters. The number of ether oxygens (including phenoxy) is 2. The Morgan fingerprint density at radius 1 is 1.53 bits per heavy atom. The summed E-state index contributed by atoms with van der Waals surface area (Å²) in [4.78, 5) is 10.3. The second-order valence-corrected chi connectivity index (χ2v) is 4.36. The maximum absolute atomic E-state index is 13.2. The summed E-state index contributed by atoms with van der Waals surface area (Å²) in [6, 6.07) is 3.30. The van der Waals surface area contributed by atoms with Gasteiger partial charge in [0.15, 0.2) is 5.75 Å². The highest BCUT2D eigenvalue weighted by atomic mass is 19.1. The van der Waals surface area contributed by atoms with Gasteiger partial charge in [-0.25, -0.2) is 4.39 Å². The fourth-order valence-corrected chi connectivity index (χ4v) is 2.19. The lowest BCUT2D eigenvalue weighted by atomic mass is 9.85. The topological polar surface area (TPSA) is 73.6 Å².